The van der Waals surface area contributed by atoms with E-state index in [1.165, 1.54) is 15.7 Å². The molecule has 0 saturated heterocycles. The third kappa shape index (κ3) is 3.02. The van der Waals surface area contributed by atoms with Crippen LogP contribution < -0.4 is 5.32 Å². The summed E-state index contributed by atoms with van der Waals surface area (Å²) in [6, 6.07) is 15.7. The van der Waals surface area contributed by atoms with Crippen LogP contribution in [0.25, 0.3) is 10.8 Å². The lowest BCUT2D eigenvalue weighted by molar-refractivity contribution is 0.605. The summed E-state index contributed by atoms with van der Waals surface area (Å²) in [6.45, 7) is 4.49. The van der Waals surface area contributed by atoms with Crippen LogP contribution >= 0.6 is 11.8 Å². The Hall–Kier alpha value is -0.990. The normalized spacial score (nSPS) is 14.8. The fourth-order valence-corrected chi connectivity index (χ4v) is 2.90. The predicted octanol–water partition coefficient (Wildman–Crippen LogP) is 3.93. The maximum absolute atomic E-state index is 3.30. The summed E-state index contributed by atoms with van der Waals surface area (Å²) < 4.78 is 0. The second kappa shape index (κ2) is 5.56. The van der Waals surface area contributed by atoms with Gasteiger partial charge in [0.25, 0.3) is 0 Å². The van der Waals surface area contributed by atoms with E-state index in [0.29, 0.717) is 11.3 Å². The minimum absolute atomic E-state index is 0.520. The van der Waals surface area contributed by atoms with E-state index in [2.05, 4.69) is 61.6 Å². The zero-order chi connectivity index (χ0) is 12.3. The molecule has 0 radical (unpaired) electrons. The Morgan fingerprint density at radius 1 is 1.00 bits per heavy atom. The highest BCUT2D eigenvalue weighted by molar-refractivity contribution is 8.00. The van der Waals surface area contributed by atoms with Gasteiger partial charge in [-0.05, 0) is 36.9 Å². The minimum atomic E-state index is 0.520. The Morgan fingerprint density at radius 3 is 2.41 bits per heavy atom. The fraction of sp³-hybridized carbons (Fsp3) is 0.333. The SMILES string of the molecule is CNC(C)C(C)Sc1ccc2ccccc2c1. The van der Waals surface area contributed by atoms with Gasteiger partial charge < -0.3 is 5.32 Å². The molecule has 0 aromatic heterocycles. The Labute approximate surface area is 108 Å². The van der Waals surface area contributed by atoms with E-state index in [1.807, 2.05) is 18.8 Å². The van der Waals surface area contributed by atoms with Crippen LogP contribution in [0.3, 0.4) is 0 Å². The lowest BCUT2D eigenvalue weighted by atomic mass is 10.1. The highest BCUT2D eigenvalue weighted by Crippen LogP contribution is 2.28. The van der Waals surface area contributed by atoms with Gasteiger partial charge in [-0.15, -0.1) is 11.8 Å². The first-order valence-electron chi connectivity index (χ1n) is 6.03. The van der Waals surface area contributed by atoms with Crippen molar-refractivity contribution in [2.75, 3.05) is 7.05 Å². The zero-order valence-electron chi connectivity index (χ0n) is 10.6. The summed E-state index contributed by atoms with van der Waals surface area (Å²) in [5.41, 5.74) is 0. The van der Waals surface area contributed by atoms with Crippen molar-refractivity contribution in [2.45, 2.75) is 30.0 Å². The summed E-state index contributed by atoms with van der Waals surface area (Å²) in [5, 5.41) is 6.50. The highest BCUT2D eigenvalue weighted by Gasteiger charge is 2.11. The molecule has 2 heteroatoms. The van der Waals surface area contributed by atoms with E-state index in [-0.39, 0.29) is 0 Å². The second-order valence-electron chi connectivity index (χ2n) is 4.41. The van der Waals surface area contributed by atoms with E-state index < -0.39 is 0 Å². The number of fused-ring (bicyclic) bond motifs is 1. The Bertz CT molecular complexity index is 495. The molecule has 90 valence electrons. The largest absolute Gasteiger partial charge is 0.316 e. The number of hydrogen-bond acceptors (Lipinski definition) is 2. The van der Waals surface area contributed by atoms with Gasteiger partial charge >= 0.3 is 0 Å². The second-order valence-corrected chi connectivity index (χ2v) is 5.86. The Balaban J connectivity index is 2.19. The molecule has 2 aromatic rings. The number of rotatable bonds is 4. The van der Waals surface area contributed by atoms with E-state index in [4.69, 9.17) is 0 Å². The molecule has 1 N–H and O–H groups in total. The molecule has 2 atom stereocenters. The lowest BCUT2D eigenvalue weighted by Gasteiger charge is -2.18. The van der Waals surface area contributed by atoms with Crippen molar-refractivity contribution in [1.29, 1.82) is 0 Å². The molecule has 0 heterocycles. The van der Waals surface area contributed by atoms with Crippen LogP contribution in [0.2, 0.25) is 0 Å². The zero-order valence-corrected chi connectivity index (χ0v) is 11.4. The molecule has 0 amide bonds. The van der Waals surface area contributed by atoms with Crippen molar-refractivity contribution in [1.82, 2.24) is 5.32 Å². The predicted molar refractivity (Wildman–Crippen MR) is 77.8 cm³/mol. The lowest BCUT2D eigenvalue weighted by Crippen LogP contribution is -2.30. The van der Waals surface area contributed by atoms with Crippen molar-refractivity contribution in [3.8, 4) is 0 Å². The molecule has 0 aliphatic heterocycles. The molecule has 0 bridgehead atoms. The average Bonchev–Trinajstić information content (AvgIpc) is 2.37. The summed E-state index contributed by atoms with van der Waals surface area (Å²) in [6.07, 6.45) is 0. The van der Waals surface area contributed by atoms with E-state index >= 15 is 0 Å². The standard InChI is InChI=1S/C15H19NS/c1-11(16-3)12(2)17-15-9-8-13-6-4-5-7-14(13)10-15/h4-12,16H,1-3H3. The molecule has 2 aromatic carbocycles. The van der Waals surface area contributed by atoms with Gasteiger partial charge in [0.05, 0.1) is 0 Å². The molecule has 2 rings (SSSR count). The summed E-state index contributed by atoms with van der Waals surface area (Å²) in [5.74, 6) is 0. The van der Waals surface area contributed by atoms with Gasteiger partial charge in [-0.3, -0.25) is 0 Å². The molecule has 17 heavy (non-hydrogen) atoms. The monoisotopic (exact) mass is 245 g/mol. The van der Waals surface area contributed by atoms with Crippen LogP contribution in [0.5, 0.6) is 0 Å². The van der Waals surface area contributed by atoms with Gasteiger partial charge in [0.1, 0.15) is 0 Å². The summed E-state index contributed by atoms with van der Waals surface area (Å²) >= 11 is 1.93. The molecule has 0 spiro atoms. The van der Waals surface area contributed by atoms with Crippen molar-refractivity contribution >= 4 is 22.5 Å². The number of nitrogens with one attached hydrogen (secondary N) is 1. The Kier molecular flexibility index (Phi) is 4.08. The van der Waals surface area contributed by atoms with Gasteiger partial charge in [0, 0.05) is 16.2 Å². The average molecular weight is 245 g/mol. The molecule has 0 saturated carbocycles. The van der Waals surface area contributed by atoms with Gasteiger partial charge in [-0.2, -0.15) is 0 Å². The number of hydrogen-bond donors (Lipinski definition) is 1. The van der Waals surface area contributed by atoms with Gasteiger partial charge in [-0.25, -0.2) is 0 Å². The molecule has 0 aliphatic carbocycles. The first kappa shape index (κ1) is 12.5. The van der Waals surface area contributed by atoms with Gasteiger partial charge in [0.15, 0.2) is 0 Å². The maximum Gasteiger partial charge on any atom is 0.0217 e. The van der Waals surface area contributed by atoms with Crippen LogP contribution in [0.4, 0.5) is 0 Å². The Morgan fingerprint density at radius 2 is 1.71 bits per heavy atom. The van der Waals surface area contributed by atoms with Crippen LogP contribution in [-0.2, 0) is 0 Å². The molecule has 0 aliphatic rings. The van der Waals surface area contributed by atoms with Crippen LogP contribution in [0.15, 0.2) is 47.4 Å². The van der Waals surface area contributed by atoms with Crippen LogP contribution in [-0.4, -0.2) is 18.3 Å². The van der Waals surface area contributed by atoms with E-state index in [9.17, 15) is 0 Å². The van der Waals surface area contributed by atoms with E-state index in [0.717, 1.165) is 0 Å². The van der Waals surface area contributed by atoms with Gasteiger partial charge in [-0.1, -0.05) is 37.3 Å². The molecule has 2 unspecified atom stereocenters. The first-order chi connectivity index (χ1) is 8.20. The topological polar surface area (TPSA) is 12.0 Å². The third-order valence-corrected chi connectivity index (χ3v) is 4.51. The summed E-state index contributed by atoms with van der Waals surface area (Å²) in [4.78, 5) is 1.35. The number of benzene rings is 2. The molecule has 0 fully saturated rings. The van der Waals surface area contributed by atoms with Crippen molar-refractivity contribution < 1.29 is 0 Å². The molecular weight excluding hydrogens is 226 g/mol. The van der Waals surface area contributed by atoms with Gasteiger partial charge in [0.2, 0.25) is 0 Å². The van der Waals surface area contributed by atoms with Crippen molar-refractivity contribution in [3.05, 3.63) is 42.5 Å². The van der Waals surface area contributed by atoms with Crippen molar-refractivity contribution in [2.24, 2.45) is 0 Å². The quantitative estimate of drug-likeness (QED) is 0.819. The highest BCUT2D eigenvalue weighted by atomic mass is 32.2. The fourth-order valence-electron chi connectivity index (χ4n) is 1.79. The first-order valence-corrected chi connectivity index (χ1v) is 6.91. The van der Waals surface area contributed by atoms with E-state index in [1.54, 1.807) is 0 Å². The van der Waals surface area contributed by atoms with Crippen molar-refractivity contribution in [3.63, 3.8) is 0 Å². The molecular formula is C15H19NS. The molecule has 1 nitrogen and oxygen atoms in total. The third-order valence-electron chi connectivity index (χ3n) is 3.20. The smallest absolute Gasteiger partial charge is 0.0217 e. The minimum Gasteiger partial charge on any atom is -0.316 e. The van der Waals surface area contributed by atoms with Crippen LogP contribution in [0.1, 0.15) is 13.8 Å². The maximum atomic E-state index is 3.30. The number of thioether (sulfide) groups is 1. The van der Waals surface area contributed by atoms with Crippen LogP contribution in [0, 0.1) is 0 Å². The summed E-state index contributed by atoms with van der Waals surface area (Å²) in [7, 11) is 2.02.